The molecule has 32 heavy (non-hydrogen) atoms. The van der Waals surface area contributed by atoms with E-state index in [1.165, 1.54) is 11.9 Å². The molecule has 9 nitrogen and oxygen atoms in total. The molecule has 0 aliphatic carbocycles. The number of carbonyl (C=O) groups is 1. The Labute approximate surface area is 199 Å². The molecule has 2 aromatic rings. The Bertz CT molecular complexity index is 938. The number of guanidine groups is 1. The number of hydrogen-bond acceptors (Lipinski definition) is 6. The van der Waals surface area contributed by atoms with E-state index >= 15 is 0 Å². The van der Waals surface area contributed by atoms with Crippen LogP contribution in [0.15, 0.2) is 36.8 Å². The van der Waals surface area contributed by atoms with E-state index in [1.807, 2.05) is 29.2 Å². The number of nitrogens with zero attached hydrogens (tertiary/aromatic N) is 4. The number of aliphatic carboxylic acids is 1. The quantitative estimate of drug-likeness (QED) is 0.437. The number of ether oxygens (including phenoxy) is 1. The Hall–Kier alpha value is -2.78. The number of hydrogen-bond donors (Lipinski definition) is 3. The molecule has 2 aliphatic heterocycles. The minimum atomic E-state index is -0.926. The molecule has 0 unspecified atom stereocenters. The van der Waals surface area contributed by atoms with Crippen LogP contribution in [0.25, 0.3) is 0 Å². The van der Waals surface area contributed by atoms with Gasteiger partial charge in [-0.05, 0) is 48.6 Å². The van der Waals surface area contributed by atoms with Crippen LogP contribution in [0, 0.1) is 10.8 Å². The Morgan fingerprint density at radius 1 is 1.19 bits per heavy atom. The van der Waals surface area contributed by atoms with Crippen molar-refractivity contribution in [1.29, 1.82) is 5.41 Å². The monoisotopic (exact) mass is 482 g/mol. The molecule has 4 N–H and O–H groups in total. The first-order chi connectivity index (χ1) is 14.5. The van der Waals surface area contributed by atoms with Crippen molar-refractivity contribution in [2.24, 2.45) is 11.1 Å². The molecular formula is C21H28Cl2N6O3. The highest BCUT2D eigenvalue weighted by Gasteiger charge is 2.43. The van der Waals surface area contributed by atoms with Crippen molar-refractivity contribution in [1.82, 2.24) is 14.9 Å². The highest BCUT2D eigenvalue weighted by atomic mass is 35.5. The van der Waals surface area contributed by atoms with Crippen LogP contribution in [0.5, 0.6) is 5.75 Å². The van der Waals surface area contributed by atoms with Gasteiger partial charge in [-0.3, -0.25) is 10.2 Å². The average Bonchev–Trinajstić information content (AvgIpc) is 2.78. The van der Waals surface area contributed by atoms with Crippen LogP contribution in [0.2, 0.25) is 0 Å². The van der Waals surface area contributed by atoms with Gasteiger partial charge in [-0.1, -0.05) is 6.07 Å². The van der Waals surface area contributed by atoms with Gasteiger partial charge in [0.15, 0.2) is 5.96 Å². The highest BCUT2D eigenvalue weighted by molar-refractivity contribution is 5.85. The van der Waals surface area contributed by atoms with Gasteiger partial charge in [0.25, 0.3) is 0 Å². The first-order valence-corrected chi connectivity index (χ1v) is 10.0. The Morgan fingerprint density at radius 2 is 1.94 bits per heavy atom. The van der Waals surface area contributed by atoms with Crippen LogP contribution in [-0.2, 0) is 17.8 Å². The fourth-order valence-electron chi connectivity index (χ4n) is 4.10. The molecule has 1 fully saturated rings. The third-order valence-electron chi connectivity index (χ3n) is 6.11. The molecule has 1 aromatic heterocycles. The second-order valence-electron chi connectivity index (χ2n) is 7.92. The van der Waals surface area contributed by atoms with Gasteiger partial charge in [-0.15, -0.1) is 24.8 Å². The summed E-state index contributed by atoms with van der Waals surface area (Å²) in [6, 6.07) is 7.69. The van der Waals surface area contributed by atoms with Crippen molar-refractivity contribution >= 4 is 42.6 Å². The average molecular weight is 483 g/mol. The number of nitrogens with two attached hydrogens (primary N) is 1. The molecular weight excluding hydrogens is 455 g/mol. The number of benzene rings is 1. The van der Waals surface area contributed by atoms with Gasteiger partial charge in [-0.2, -0.15) is 0 Å². The van der Waals surface area contributed by atoms with E-state index in [2.05, 4.69) is 14.9 Å². The van der Waals surface area contributed by atoms with Gasteiger partial charge in [0, 0.05) is 32.4 Å². The first-order valence-electron chi connectivity index (χ1n) is 10.0. The second kappa shape index (κ2) is 10.7. The largest absolute Gasteiger partial charge is 0.492 e. The van der Waals surface area contributed by atoms with Crippen LogP contribution in [0.3, 0.4) is 0 Å². The number of carboxylic acids is 1. The topological polar surface area (TPSA) is 129 Å². The van der Waals surface area contributed by atoms with Crippen LogP contribution in [0.4, 0.5) is 5.82 Å². The van der Waals surface area contributed by atoms with Gasteiger partial charge in [0.2, 0.25) is 0 Å². The summed E-state index contributed by atoms with van der Waals surface area (Å²) in [6.07, 6.45) is 4.98. The number of aromatic nitrogens is 2. The molecule has 2 aliphatic rings. The predicted octanol–water partition coefficient (Wildman–Crippen LogP) is 2.32. The van der Waals surface area contributed by atoms with Gasteiger partial charge >= 0.3 is 5.97 Å². The fraction of sp³-hybridized carbons (Fsp3) is 0.429. The highest BCUT2D eigenvalue weighted by Crippen LogP contribution is 2.34. The molecule has 0 radical (unpaired) electrons. The lowest BCUT2D eigenvalue weighted by Gasteiger charge is -2.39. The number of piperidine rings is 1. The summed E-state index contributed by atoms with van der Waals surface area (Å²) in [5, 5.41) is 17.6. The number of fused-ring (bicyclic) bond motifs is 1. The van der Waals surface area contributed by atoms with Crippen molar-refractivity contribution in [2.75, 3.05) is 31.1 Å². The van der Waals surface area contributed by atoms with Crippen molar-refractivity contribution in [2.45, 2.75) is 25.8 Å². The van der Waals surface area contributed by atoms with Crippen LogP contribution < -0.4 is 15.4 Å². The maximum atomic E-state index is 12.1. The maximum absolute atomic E-state index is 12.1. The van der Waals surface area contributed by atoms with Gasteiger partial charge in [0.1, 0.15) is 29.9 Å². The molecule has 0 spiro atoms. The summed E-state index contributed by atoms with van der Waals surface area (Å²) >= 11 is 0. The zero-order valence-corrected chi connectivity index (χ0v) is 19.2. The molecule has 0 amide bonds. The van der Waals surface area contributed by atoms with Crippen molar-refractivity contribution in [3.05, 3.63) is 47.9 Å². The Morgan fingerprint density at radius 3 is 2.56 bits per heavy atom. The molecule has 0 bridgehead atoms. The molecule has 11 heteroatoms. The van der Waals surface area contributed by atoms with Crippen molar-refractivity contribution in [3.8, 4) is 5.75 Å². The lowest BCUT2D eigenvalue weighted by Crippen LogP contribution is -2.48. The van der Waals surface area contributed by atoms with Crippen molar-refractivity contribution in [3.63, 3.8) is 0 Å². The summed E-state index contributed by atoms with van der Waals surface area (Å²) in [4.78, 5) is 24.2. The smallest absolute Gasteiger partial charge is 0.313 e. The molecule has 174 valence electrons. The number of anilines is 1. The van der Waals surface area contributed by atoms with E-state index in [9.17, 15) is 9.90 Å². The van der Waals surface area contributed by atoms with E-state index in [0.29, 0.717) is 38.2 Å². The summed E-state index contributed by atoms with van der Waals surface area (Å²) in [5.41, 5.74) is 6.98. The second-order valence-corrected chi connectivity index (χ2v) is 7.92. The molecule has 3 heterocycles. The summed E-state index contributed by atoms with van der Waals surface area (Å²) in [5.74, 6) is 0.699. The third kappa shape index (κ3) is 5.34. The van der Waals surface area contributed by atoms with Gasteiger partial charge < -0.3 is 25.4 Å². The summed E-state index contributed by atoms with van der Waals surface area (Å²) in [7, 11) is 0. The fourth-order valence-corrected chi connectivity index (χ4v) is 4.10. The minimum absolute atomic E-state index is 0. The predicted molar refractivity (Wildman–Crippen MR) is 126 cm³/mol. The van der Waals surface area contributed by atoms with E-state index < -0.39 is 11.4 Å². The lowest BCUT2D eigenvalue weighted by atomic mass is 9.79. The van der Waals surface area contributed by atoms with Crippen LogP contribution in [0.1, 0.15) is 24.0 Å². The third-order valence-corrected chi connectivity index (χ3v) is 6.11. The molecule has 4 rings (SSSR count). The van der Waals surface area contributed by atoms with Gasteiger partial charge in [0.05, 0.1) is 0 Å². The number of rotatable bonds is 5. The van der Waals surface area contributed by atoms with Crippen LogP contribution in [-0.4, -0.2) is 58.1 Å². The SMILES string of the molecule is Cl.Cl.N=C(N)N1CCc2ccc(OCC3(C(=O)O)CCN(c4ccncn4)CC3)cc2C1. The Balaban J connectivity index is 0.00000181. The summed E-state index contributed by atoms with van der Waals surface area (Å²) in [6.45, 7) is 2.62. The zero-order valence-electron chi connectivity index (χ0n) is 17.6. The normalized spacial score (nSPS) is 16.8. The van der Waals surface area contributed by atoms with E-state index in [4.69, 9.17) is 15.9 Å². The molecule has 0 atom stereocenters. The standard InChI is InChI=1S/C21H26N6O3.2ClH/c22-20(23)27-8-4-15-1-2-17(11-16(15)12-27)30-13-21(19(28)29)5-9-26(10-6-21)18-3-7-24-14-25-18;;/h1-3,7,11,14H,4-6,8-10,12-13H2,(H3,22,23)(H,28,29);2*1H. The minimum Gasteiger partial charge on any atom is -0.492 e. The molecule has 1 saturated heterocycles. The number of nitrogens with one attached hydrogen (secondary N) is 1. The maximum Gasteiger partial charge on any atom is 0.313 e. The lowest BCUT2D eigenvalue weighted by molar-refractivity contribution is -0.152. The number of halogens is 2. The zero-order chi connectivity index (χ0) is 21.1. The van der Waals surface area contributed by atoms with Crippen LogP contribution >= 0.6 is 24.8 Å². The summed E-state index contributed by atoms with van der Waals surface area (Å²) < 4.78 is 5.98. The molecule has 0 saturated carbocycles. The van der Waals surface area contributed by atoms with E-state index in [0.717, 1.165) is 24.3 Å². The van der Waals surface area contributed by atoms with E-state index in [1.54, 1.807) is 6.20 Å². The number of carboxylic acid groups (broad SMARTS) is 1. The van der Waals surface area contributed by atoms with Crippen molar-refractivity contribution < 1.29 is 14.6 Å². The van der Waals surface area contributed by atoms with E-state index in [-0.39, 0.29) is 37.4 Å². The van der Waals surface area contributed by atoms with Gasteiger partial charge in [-0.25, -0.2) is 9.97 Å². The molecule has 1 aromatic carbocycles. The Kier molecular flexibility index (Phi) is 8.51. The first kappa shape index (κ1) is 25.5.